The standard InChI is InChI=1S/C20H23ClN2O4S/c1-12(2)18(23-19(25)16-8-5-9-28-16)20(26)27-11-17(24)22-13(3)14-6-4-7-15(21)10-14/h4-10,12-13,18H,11H2,1-3H3,(H,22,24)(H,23,25)/t13-,18+/m0/s1. The number of ether oxygens (including phenoxy) is 1. The molecule has 6 nitrogen and oxygen atoms in total. The van der Waals surface area contributed by atoms with Gasteiger partial charge in [0.15, 0.2) is 6.61 Å². The van der Waals surface area contributed by atoms with Crippen LogP contribution in [0.1, 0.15) is 42.0 Å². The molecule has 0 aliphatic rings. The van der Waals surface area contributed by atoms with Crippen molar-refractivity contribution in [3.8, 4) is 0 Å². The van der Waals surface area contributed by atoms with Crippen molar-refractivity contribution in [1.82, 2.24) is 10.6 Å². The molecule has 0 saturated heterocycles. The third-order valence-electron chi connectivity index (χ3n) is 4.02. The van der Waals surface area contributed by atoms with E-state index in [2.05, 4.69) is 10.6 Å². The van der Waals surface area contributed by atoms with Crippen LogP contribution in [0.15, 0.2) is 41.8 Å². The summed E-state index contributed by atoms with van der Waals surface area (Å²) in [4.78, 5) is 37.2. The number of benzene rings is 1. The Bertz CT molecular complexity index is 823. The highest BCUT2D eigenvalue weighted by Crippen LogP contribution is 2.17. The maximum absolute atomic E-state index is 12.4. The van der Waals surface area contributed by atoms with Gasteiger partial charge < -0.3 is 15.4 Å². The SMILES string of the molecule is CC(C)[C@@H](NC(=O)c1cccs1)C(=O)OCC(=O)N[C@@H](C)c1cccc(Cl)c1. The Morgan fingerprint density at radius 1 is 1.11 bits per heavy atom. The maximum atomic E-state index is 12.4. The zero-order chi connectivity index (χ0) is 20.7. The van der Waals surface area contributed by atoms with E-state index in [0.717, 1.165) is 5.56 Å². The van der Waals surface area contributed by atoms with Gasteiger partial charge >= 0.3 is 5.97 Å². The number of carbonyl (C=O) groups excluding carboxylic acids is 3. The van der Waals surface area contributed by atoms with Crippen molar-refractivity contribution in [2.24, 2.45) is 5.92 Å². The van der Waals surface area contributed by atoms with Crippen molar-refractivity contribution < 1.29 is 19.1 Å². The molecule has 0 radical (unpaired) electrons. The van der Waals surface area contributed by atoms with Crippen LogP contribution >= 0.6 is 22.9 Å². The molecule has 2 aromatic rings. The van der Waals surface area contributed by atoms with Crippen molar-refractivity contribution in [1.29, 1.82) is 0 Å². The third-order valence-corrected chi connectivity index (χ3v) is 5.13. The molecule has 0 aliphatic carbocycles. The van der Waals surface area contributed by atoms with Crippen LogP contribution in [0.2, 0.25) is 5.02 Å². The summed E-state index contributed by atoms with van der Waals surface area (Å²) in [5, 5.41) is 7.77. The fourth-order valence-corrected chi connectivity index (χ4v) is 3.31. The summed E-state index contributed by atoms with van der Waals surface area (Å²) in [6, 6.07) is 9.45. The molecule has 2 amide bonds. The Hall–Kier alpha value is -2.38. The second-order valence-corrected chi connectivity index (χ2v) is 8.01. The minimum atomic E-state index is -0.840. The van der Waals surface area contributed by atoms with E-state index >= 15 is 0 Å². The lowest BCUT2D eigenvalue weighted by Crippen LogP contribution is -2.46. The molecule has 0 saturated carbocycles. The molecule has 1 heterocycles. The topological polar surface area (TPSA) is 84.5 Å². The summed E-state index contributed by atoms with van der Waals surface area (Å²) in [5.74, 6) is -1.62. The van der Waals surface area contributed by atoms with Crippen molar-refractivity contribution in [2.45, 2.75) is 32.9 Å². The molecule has 150 valence electrons. The second kappa shape index (κ2) is 10.2. The number of thiophene rings is 1. The van der Waals surface area contributed by atoms with Crippen LogP contribution in [0, 0.1) is 5.92 Å². The normalized spacial score (nSPS) is 12.9. The van der Waals surface area contributed by atoms with Crippen molar-refractivity contribution in [2.75, 3.05) is 6.61 Å². The molecular weight excluding hydrogens is 400 g/mol. The van der Waals surface area contributed by atoms with Crippen LogP contribution in [0.5, 0.6) is 0 Å². The molecule has 0 aliphatic heterocycles. The summed E-state index contributed by atoms with van der Waals surface area (Å²) in [6.45, 7) is 4.97. The van der Waals surface area contributed by atoms with Crippen molar-refractivity contribution in [3.05, 3.63) is 57.2 Å². The second-order valence-electron chi connectivity index (χ2n) is 6.62. The number of carbonyl (C=O) groups is 3. The van der Waals surface area contributed by atoms with E-state index in [1.807, 2.05) is 13.0 Å². The number of halogens is 1. The highest BCUT2D eigenvalue weighted by molar-refractivity contribution is 7.12. The average Bonchev–Trinajstić information content (AvgIpc) is 3.18. The van der Waals surface area contributed by atoms with Gasteiger partial charge in [-0.2, -0.15) is 0 Å². The molecule has 2 atom stereocenters. The fourth-order valence-electron chi connectivity index (χ4n) is 2.49. The van der Waals surface area contributed by atoms with Crippen LogP contribution in [0.25, 0.3) is 0 Å². The summed E-state index contributed by atoms with van der Waals surface area (Å²) >= 11 is 7.24. The zero-order valence-electron chi connectivity index (χ0n) is 15.9. The van der Waals surface area contributed by atoms with Crippen LogP contribution in [-0.4, -0.2) is 30.4 Å². The average molecular weight is 423 g/mol. The number of esters is 1. The maximum Gasteiger partial charge on any atom is 0.329 e. The van der Waals surface area contributed by atoms with Gasteiger partial charge in [-0.1, -0.05) is 43.6 Å². The van der Waals surface area contributed by atoms with Crippen molar-refractivity contribution in [3.63, 3.8) is 0 Å². The van der Waals surface area contributed by atoms with Crippen molar-refractivity contribution >= 4 is 40.7 Å². The minimum Gasteiger partial charge on any atom is -0.454 e. The lowest BCUT2D eigenvalue weighted by molar-refractivity contribution is -0.151. The molecule has 28 heavy (non-hydrogen) atoms. The highest BCUT2D eigenvalue weighted by atomic mass is 35.5. The van der Waals surface area contributed by atoms with E-state index in [0.29, 0.717) is 9.90 Å². The monoisotopic (exact) mass is 422 g/mol. The molecule has 1 aromatic carbocycles. The first kappa shape index (κ1) is 21.9. The van der Waals surface area contributed by atoms with Crippen LogP contribution in [-0.2, 0) is 14.3 Å². The van der Waals surface area contributed by atoms with Gasteiger partial charge in [0.2, 0.25) is 0 Å². The van der Waals surface area contributed by atoms with Gasteiger partial charge in [-0.05, 0) is 42.0 Å². The number of hydrogen-bond donors (Lipinski definition) is 2. The quantitative estimate of drug-likeness (QED) is 0.637. The van der Waals surface area contributed by atoms with Gasteiger partial charge in [0.05, 0.1) is 10.9 Å². The number of amides is 2. The Morgan fingerprint density at radius 3 is 2.46 bits per heavy atom. The van der Waals surface area contributed by atoms with Gasteiger partial charge in [-0.3, -0.25) is 9.59 Å². The first-order chi connectivity index (χ1) is 13.3. The van der Waals surface area contributed by atoms with Gasteiger partial charge in [-0.15, -0.1) is 11.3 Å². The molecule has 2 rings (SSSR count). The molecule has 8 heteroatoms. The summed E-state index contributed by atoms with van der Waals surface area (Å²) in [6.07, 6.45) is 0. The number of rotatable bonds is 8. The molecule has 0 fully saturated rings. The van der Waals surface area contributed by atoms with Crippen LogP contribution in [0.3, 0.4) is 0 Å². The van der Waals surface area contributed by atoms with E-state index < -0.39 is 24.5 Å². The lowest BCUT2D eigenvalue weighted by atomic mass is 10.0. The predicted octanol–water partition coefficient (Wildman–Crippen LogP) is 3.58. The molecule has 0 bridgehead atoms. The number of nitrogens with one attached hydrogen (secondary N) is 2. The summed E-state index contributed by atoms with van der Waals surface area (Å²) in [7, 11) is 0. The van der Waals surface area contributed by atoms with Gasteiger partial charge in [0.25, 0.3) is 11.8 Å². The third kappa shape index (κ3) is 6.35. The zero-order valence-corrected chi connectivity index (χ0v) is 17.5. The smallest absolute Gasteiger partial charge is 0.329 e. The van der Waals surface area contributed by atoms with E-state index in [1.165, 1.54) is 11.3 Å². The van der Waals surface area contributed by atoms with E-state index in [9.17, 15) is 14.4 Å². The van der Waals surface area contributed by atoms with Gasteiger partial charge in [0, 0.05) is 5.02 Å². The first-order valence-electron chi connectivity index (χ1n) is 8.83. The Balaban J connectivity index is 1.87. The highest BCUT2D eigenvalue weighted by Gasteiger charge is 2.27. The molecule has 1 aromatic heterocycles. The molecule has 2 N–H and O–H groups in total. The Kier molecular flexibility index (Phi) is 8.02. The van der Waals surface area contributed by atoms with E-state index in [4.69, 9.17) is 16.3 Å². The molecular formula is C20H23ClN2O4S. The predicted molar refractivity (Wildman–Crippen MR) is 109 cm³/mol. The fraction of sp³-hybridized carbons (Fsp3) is 0.350. The van der Waals surface area contributed by atoms with E-state index in [1.54, 1.807) is 49.6 Å². The first-order valence-corrected chi connectivity index (χ1v) is 10.1. The summed E-state index contributed by atoms with van der Waals surface area (Å²) < 4.78 is 5.12. The van der Waals surface area contributed by atoms with Crippen LogP contribution < -0.4 is 10.6 Å². The van der Waals surface area contributed by atoms with Crippen LogP contribution in [0.4, 0.5) is 0 Å². The van der Waals surface area contributed by atoms with E-state index in [-0.39, 0.29) is 17.9 Å². The molecule has 0 unspecified atom stereocenters. The largest absolute Gasteiger partial charge is 0.454 e. The Morgan fingerprint density at radius 2 is 1.86 bits per heavy atom. The summed E-state index contributed by atoms with van der Waals surface area (Å²) in [5.41, 5.74) is 0.843. The lowest BCUT2D eigenvalue weighted by Gasteiger charge is -2.21. The Labute approximate surface area is 173 Å². The number of hydrogen-bond acceptors (Lipinski definition) is 5. The molecule has 0 spiro atoms. The van der Waals surface area contributed by atoms with Gasteiger partial charge in [0.1, 0.15) is 6.04 Å². The van der Waals surface area contributed by atoms with Gasteiger partial charge in [-0.25, -0.2) is 4.79 Å². The minimum absolute atomic E-state index is 0.190.